The van der Waals surface area contributed by atoms with Gasteiger partial charge in [0.25, 0.3) is 0 Å². The highest BCUT2D eigenvalue weighted by Gasteiger charge is 2.18. The van der Waals surface area contributed by atoms with Crippen LogP contribution in [0.15, 0.2) is 0 Å². The molecule has 0 aliphatic carbocycles. The van der Waals surface area contributed by atoms with Gasteiger partial charge >= 0.3 is 6.03 Å². The fourth-order valence-corrected chi connectivity index (χ4v) is 1.01. The largest absolute Gasteiger partial charge is 0.374 e. The summed E-state index contributed by atoms with van der Waals surface area (Å²) in [6.07, 6.45) is 0. The highest BCUT2D eigenvalue weighted by atomic mass is 35.5. The van der Waals surface area contributed by atoms with Gasteiger partial charge in [-0.3, -0.25) is 10.1 Å². The summed E-state index contributed by atoms with van der Waals surface area (Å²) in [6.45, 7) is 6.46. The Morgan fingerprint density at radius 1 is 1.40 bits per heavy atom. The smallest absolute Gasteiger partial charge is 0.321 e. The van der Waals surface area contributed by atoms with E-state index in [0.29, 0.717) is 13.2 Å². The lowest BCUT2D eigenvalue weighted by Gasteiger charge is -2.24. The minimum Gasteiger partial charge on any atom is -0.374 e. The predicted octanol–water partition coefficient (Wildman–Crippen LogP) is 0.866. The van der Waals surface area contributed by atoms with Crippen molar-refractivity contribution in [3.8, 4) is 0 Å². The standard InChI is InChI=1S/C9H17ClN2O3/c1-4-15-9(2,3)6-11-8(14)12-7(13)5-10/h4-6H2,1-3H3,(H2,11,12,13,14). The van der Waals surface area contributed by atoms with Crippen LogP contribution >= 0.6 is 11.6 Å². The third-order valence-electron chi connectivity index (χ3n) is 1.58. The molecule has 0 spiro atoms. The molecular formula is C9H17ClN2O3. The fraction of sp³-hybridized carbons (Fsp3) is 0.778. The van der Waals surface area contributed by atoms with Crippen molar-refractivity contribution in [1.29, 1.82) is 0 Å². The van der Waals surface area contributed by atoms with Gasteiger partial charge in [0.15, 0.2) is 0 Å². The van der Waals surface area contributed by atoms with E-state index < -0.39 is 17.5 Å². The predicted molar refractivity (Wildman–Crippen MR) is 58.0 cm³/mol. The Hall–Kier alpha value is -0.810. The Bertz CT molecular complexity index is 231. The molecule has 0 heterocycles. The summed E-state index contributed by atoms with van der Waals surface area (Å²) in [6, 6.07) is -0.562. The first-order chi connectivity index (χ1) is 6.91. The topological polar surface area (TPSA) is 67.4 Å². The van der Waals surface area contributed by atoms with E-state index in [0.717, 1.165) is 0 Å². The highest BCUT2D eigenvalue weighted by Crippen LogP contribution is 2.06. The molecule has 0 saturated carbocycles. The van der Waals surface area contributed by atoms with E-state index in [1.54, 1.807) is 0 Å². The molecule has 0 radical (unpaired) electrons. The maximum absolute atomic E-state index is 11.1. The van der Waals surface area contributed by atoms with Crippen LogP contribution in [-0.4, -0.2) is 36.6 Å². The molecule has 0 aromatic carbocycles. The van der Waals surface area contributed by atoms with E-state index in [1.807, 2.05) is 20.8 Å². The molecule has 0 aliphatic rings. The summed E-state index contributed by atoms with van der Waals surface area (Å²) in [5.41, 5.74) is -0.448. The summed E-state index contributed by atoms with van der Waals surface area (Å²) in [4.78, 5) is 21.8. The lowest BCUT2D eigenvalue weighted by molar-refractivity contribution is -0.117. The third-order valence-corrected chi connectivity index (χ3v) is 1.83. The second-order valence-corrected chi connectivity index (χ2v) is 3.82. The van der Waals surface area contributed by atoms with Crippen LogP contribution in [-0.2, 0) is 9.53 Å². The maximum atomic E-state index is 11.1. The lowest BCUT2D eigenvalue weighted by atomic mass is 10.1. The average Bonchev–Trinajstić information content (AvgIpc) is 2.15. The van der Waals surface area contributed by atoms with Crippen LogP contribution in [0.4, 0.5) is 4.79 Å². The van der Waals surface area contributed by atoms with Gasteiger partial charge in [0, 0.05) is 13.2 Å². The molecule has 2 N–H and O–H groups in total. The molecule has 0 fully saturated rings. The van der Waals surface area contributed by atoms with Crippen LogP contribution in [0.25, 0.3) is 0 Å². The molecule has 0 aromatic rings. The van der Waals surface area contributed by atoms with E-state index in [2.05, 4.69) is 10.6 Å². The van der Waals surface area contributed by atoms with E-state index in [4.69, 9.17) is 16.3 Å². The molecule has 0 rings (SSSR count). The first-order valence-electron chi connectivity index (χ1n) is 4.69. The first kappa shape index (κ1) is 14.2. The zero-order valence-corrected chi connectivity index (χ0v) is 9.98. The number of ether oxygens (including phenoxy) is 1. The van der Waals surface area contributed by atoms with Crippen LogP contribution in [0.5, 0.6) is 0 Å². The Balaban J connectivity index is 3.84. The summed E-state index contributed by atoms with van der Waals surface area (Å²) < 4.78 is 5.36. The maximum Gasteiger partial charge on any atom is 0.321 e. The minimum absolute atomic E-state index is 0.234. The van der Waals surface area contributed by atoms with Crippen LogP contribution < -0.4 is 10.6 Å². The molecule has 5 nitrogen and oxygen atoms in total. The number of amides is 3. The van der Waals surface area contributed by atoms with E-state index in [1.165, 1.54) is 0 Å². The van der Waals surface area contributed by atoms with Crippen LogP contribution in [0.3, 0.4) is 0 Å². The van der Waals surface area contributed by atoms with Gasteiger partial charge < -0.3 is 10.1 Å². The van der Waals surface area contributed by atoms with Crippen molar-refractivity contribution in [1.82, 2.24) is 10.6 Å². The molecular weight excluding hydrogens is 220 g/mol. The van der Waals surface area contributed by atoms with Crippen molar-refractivity contribution in [3.63, 3.8) is 0 Å². The Kier molecular flexibility index (Phi) is 6.27. The quantitative estimate of drug-likeness (QED) is 0.696. The number of alkyl halides is 1. The molecule has 88 valence electrons. The average molecular weight is 237 g/mol. The summed E-state index contributed by atoms with van der Waals surface area (Å²) in [5, 5.41) is 4.59. The summed E-state index contributed by atoms with van der Waals surface area (Å²) in [7, 11) is 0. The molecule has 0 aromatic heterocycles. The van der Waals surface area contributed by atoms with Crippen molar-refractivity contribution in [2.45, 2.75) is 26.4 Å². The number of halogens is 1. The Morgan fingerprint density at radius 2 is 2.00 bits per heavy atom. The van der Waals surface area contributed by atoms with Gasteiger partial charge in [0.05, 0.1) is 5.60 Å². The van der Waals surface area contributed by atoms with Crippen molar-refractivity contribution in [3.05, 3.63) is 0 Å². The normalized spacial score (nSPS) is 10.9. The van der Waals surface area contributed by atoms with E-state index >= 15 is 0 Å². The number of rotatable bonds is 5. The van der Waals surface area contributed by atoms with Gasteiger partial charge in [-0.1, -0.05) is 0 Å². The van der Waals surface area contributed by atoms with Gasteiger partial charge in [-0.25, -0.2) is 4.79 Å². The second-order valence-electron chi connectivity index (χ2n) is 3.56. The van der Waals surface area contributed by atoms with E-state index in [-0.39, 0.29) is 5.88 Å². The molecule has 15 heavy (non-hydrogen) atoms. The number of urea groups is 1. The zero-order valence-electron chi connectivity index (χ0n) is 9.22. The molecule has 0 saturated heterocycles. The van der Waals surface area contributed by atoms with Crippen molar-refractivity contribution >= 4 is 23.5 Å². The molecule has 0 unspecified atom stereocenters. The fourth-order valence-electron chi connectivity index (χ4n) is 0.939. The number of carbonyl (C=O) groups excluding carboxylic acids is 2. The molecule has 3 amide bonds. The Morgan fingerprint density at radius 3 is 2.47 bits per heavy atom. The number of carbonyl (C=O) groups is 2. The lowest BCUT2D eigenvalue weighted by Crippen LogP contribution is -2.46. The van der Waals surface area contributed by atoms with Crippen LogP contribution in [0.1, 0.15) is 20.8 Å². The number of hydrogen-bond donors (Lipinski definition) is 2. The second kappa shape index (κ2) is 6.63. The summed E-state index contributed by atoms with van der Waals surface area (Å²) >= 11 is 5.22. The van der Waals surface area contributed by atoms with Gasteiger partial charge in [0.1, 0.15) is 5.88 Å². The highest BCUT2D eigenvalue weighted by molar-refractivity contribution is 6.28. The Labute approximate surface area is 94.5 Å². The number of nitrogens with one attached hydrogen (secondary N) is 2. The SMILES string of the molecule is CCOC(C)(C)CNC(=O)NC(=O)CCl. The zero-order chi connectivity index (χ0) is 11.9. The number of imide groups is 1. The monoisotopic (exact) mass is 236 g/mol. The first-order valence-corrected chi connectivity index (χ1v) is 5.22. The summed E-state index contributed by atoms with van der Waals surface area (Å²) in [5.74, 6) is -0.759. The van der Waals surface area contributed by atoms with Crippen LogP contribution in [0, 0.1) is 0 Å². The van der Waals surface area contributed by atoms with Crippen LogP contribution in [0.2, 0.25) is 0 Å². The van der Waals surface area contributed by atoms with Gasteiger partial charge in [-0.15, -0.1) is 11.6 Å². The molecule has 6 heteroatoms. The van der Waals surface area contributed by atoms with Crippen molar-refractivity contribution < 1.29 is 14.3 Å². The van der Waals surface area contributed by atoms with Gasteiger partial charge in [0.2, 0.25) is 5.91 Å². The molecule has 0 atom stereocenters. The van der Waals surface area contributed by atoms with E-state index in [9.17, 15) is 9.59 Å². The third kappa shape index (κ3) is 7.16. The minimum atomic E-state index is -0.562. The van der Waals surface area contributed by atoms with Gasteiger partial charge in [-0.2, -0.15) is 0 Å². The van der Waals surface area contributed by atoms with Crippen molar-refractivity contribution in [2.24, 2.45) is 0 Å². The number of hydrogen-bond acceptors (Lipinski definition) is 3. The van der Waals surface area contributed by atoms with Crippen molar-refractivity contribution in [2.75, 3.05) is 19.0 Å². The molecule has 0 aliphatic heterocycles. The molecule has 0 bridgehead atoms. The van der Waals surface area contributed by atoms with Gasteiger partial charge in [-0.05, 0) is 20.8 Å².